The lowest BCUT2D eigenvalue weighted by Gasteiger charge is -2.17. The van der Waals surface area contributed by atoms with Crippen molar-refractivity contribution >= 4 is 23.2 Å². The van der Waals surface area contributed by atoms with Crippen LogP contribution in [0.15, 0.2) is 73.7 Å². The highest BCUT2D eigenvalue weighted by Crippen LogP contribution is 2.45. The SMILES string of the molecule is Cc1cc(O)c(C2=Nc3ccccc3SC(c3ccc(C(C)C)cc3)C2)c(=O)o1. The zero-order valence-electron chi connectivity index (χ0n) is 16.7. The second-order valence-electron chi connectivity index (χ2n) is 7.56. The molecule has 3 aromatic rings. The van der Waals surface area contributed by atoms with Crippen LogP contribution in [-0.2, 0) is 0 Å². The van der Waals surface area contributed by atoms with Gasteiger partial charge in [-0.25, -0.2) is 4.79 Å². The van der Waals surface area contributed by atoms with E-state index in [4.69, 9.17) is 9.41 Å². The van der Waals surface area contributed by atoms with E-state index in [9.17, 15) is 9.90 Å². The number of hydrogen-bond donors (Lipinski definition) is 1. The summed E-state index contributed by atoms with van der Waals surface area (Å²) in [5.41, 5.74) is 3.40. The van der Waals surface area contributed by atoms with Gasteiger partial charge in [0.15, 0.2) is 0 Å². The molecule has 1 aliphatic rings. The molecule has 2 heterocycles. The van der Waals surface area contributed by atoms with Gasteiger partial charge in [0.25, 0.3) is 0 Å². The van der Waals surface area contributed by atoms with E-state index >= 15 is 0 Å². The molecule has 4 nitrogen and oxygen atoms in total. The molecular formula is C24H23NO3S. The van der Waals surface area contributed by atoms with Crippen LogP contribution in [0.3, 0.4) is 0 Å². The molecule has 4 rings (SSSR count). The highest BCUT2D eigenvalue weighted by Gasteiger charge is 2.26. The number of fused-ring (bicyclic) bond motifs is 1. The van der Waals surface area contributed by atoms with Crippen LogP contribution in [0.5, 0.6) is 5.75 Å². The molecule has 5 heteroatoms. The van der Waals surface area contributed by atoms with Gasteiger partial charge in [-0.15, -0.1) is 11.8 Å². The average Bonchev–Trinajstić information content (AvgIpc) is 2.87. The molecule has 1 aromatic heterocycles. The van der Waals surface area contributed by atoms with Crippen LogP contribution in [0.1, 0.15) is 53.9 Å². The molecule has 148 valence electrons. The fraction of sp³-hybridized carbons (Fsp3) is 0.250. The first-order chi connectivity index (χ1) is 13.9. The Morgan fingerprint density at radius 1 is 1.14 bits per heavy atom. The number of para-hydroxylation sites is 1. The topological polar surface area (TPSA) is 62.8 Å². The number of aryl methyl sites for hydroxylation is 1. The molecule has 2 aromatic carbocycles. The van der Waals surface area contributed by atoms with Crippen LogP contribution >= 0.6 is 11.8 Å². The summed E-state index contributed by atoms with van der Waals surface area (Å²) in [5, 5.41) is 10.5. The normalized spacial score (nSPS) is 16.3. The second kappa shape index (κ2) is 7.91. The summed E-state index contributed by atoms with van der Waals surface area (Å²) >= 11 is 1.73. The fourth-order valence-electron chi connectivity index (χ4n) is 3.51. The van der Waals surface area contributed by atoms with Gasteiger partial charge in [-0.1, -0.05) is 50.2 Å². The Balaban J connectivity index is 1.82. The maximum absolute atomic E-state index is 12.5. The molecule has 0 saturated carbocycles. The van der Waals surface area contributed by atoms with Crippen molar-refractivity contribution in [2.24, 2.45) is 4.99 Å². The molecular weight excluding hydrogens is 382 g/mol. The largest absolute Gasteiger partial charge is 0.507 e. The van der Waals surface area contributed by atoms with Crippen molar-refractivity contribution in [1.82, 2.24) is 0 Å². The maximum atomic E-state index is 12.5. The Bertz CT molecular complexity index is 1130. The van der Waals surface area contributed by atoms with E-state index in [0.29, 0.717) is 23.8 Å². The summed E-state index contributed by atoms with van der Waals surface area (Å²) in [6.07, 6.45) is 0.516. The van der Waals surface area contributed by atoms with Gasteiger partial charge in [0.1, 0.15) is 17.1 Å². The third-order valence-corrected chi connectivity index (χ3v) is 6.41. The van der Waals surface area contributed by atoms with Crippen LogP contribution in [0.2, 0.25) is 0 Å². The number of benzene rings is 2. The number of nitrogens with zero attached hydrogens (tertiary/aromatic N) is 1. The number of hydrogen-bond acceptors (Lipinski definition) is 5. The van der Waals surface area contributed by atoms with E-state index < -0.39 is 5.63 Å². The molecule has 1 aliphatic heterocycles. The third kappa shape index (κ3) is 4.01. The van der Waals surface area contributed by atoms with E-state index in [1.165, 1.54) is 17.2 Å². The molecule has 0 spiro atoms. The van der Waals surface area contributed by atoms with Crippen LogP contribution in [0, 0.1) is 6.92 Å². The van der Waals surface area contributed by atoms with Crippen LogP contribution in [0.25, 0.3) is 0 Å². The molecule has 0 saturated heterocycles. The van der Waals surface area contributed by atoms with E-state index in [0.717, 1.165) is 10.6 Å². The summed E-state index contributed by atoms with van der Waals surface area (Å²) in [7, 11) is 0. The molecule has 0 bridgehead atoms. The summed E-state index contributed by atoms with van der Waals surface area (Å²) in [4.78, 5) is 18.3. The number of rotatable bonds is 3. The molecule has 0 radical (unpaired) electrons. The van der Waals surface area contributed by atoms with Gasteiger partial charge in [0.05, 0.1) is 11.4 Å². The monoisotopic (exact) mass is 405 g/mol. The zero-order valence-corrected chi connectivity index (χ0v) is 17.5. The van der Waals surface area contributed by atoms with E-state index in [-0.39, 0.29) is 16.6 Å². The molecule has 0 fully saturated rings. The first kappa shape index (κ1) is 19.5. The third-order valence-electron chi connectivity index (χ3n) is 5.09. The van der Waals surface area contributed by atoms with Gasteiger partial charge < -0.3 is 9.52 Å². The Labute approximate surface area is 174 Å². The van der Waals surface area contributed by atoms with Crippen molar-refractivity contribution in [3.05, 3.63) is 87.5 Å². The lowest BCUT2D eigenvalue weighted by atomic mass is 9.98. The zero-order chi connectivity index (χ0) is 20.5. The number of aliphatic imine (C=N–C) groups is 1. The fourth-order valence-corrected chi connectivity index (χ4v) is 4.74. The Morgan fingerprint density at radius 3 is 2.55 bits per heavy atom. The van der Waals surface area contributed by atoms with E-state index in [1.54, 1.807) is 18.7 Å². The minimum atomic E-state index is -0.556. The van der Waals surface area contributed by atoms with Crippen molar-refractivity contribution in [2.75, 3.05) is 0 Å². The quantitative estimate of drug-likeness (QED) is 0.569. The van der Waals surface area contributed by atoms with Gasteiger partial charge in [-0.3, -0.25) is 4.99 Å². The highest BCUT2D eigenvalue weighted by atomic mass is 32.2. The van der Waals surface area contributed by atoms with Gasteiger partial charge in [0.2, 0.25) is 0 Å². The van der Waals surface area contributed by atoms with E-state index in [2.05, 4.69) is 38.1 Å². The van der Waals surface area contributed by atoms with Crippen molar-refractivity contribution in [3.8, 4) is 5.75 Å². The van der Waals surface area contributed by atoms with E-state index in [1.807, 2.05) is 24.3 Å². The predicted molar refractivity (Wildman–Crippen MR) is 118 cm³/mol. The van der Waals surface area contributed by atoms with Crippen LogP contribution in [0.4, 0.5) is 5.69 Å². The molecule has 1 atom stereocenters. The van der Waals surface area contributed by atoms with Crippen molar-refractivity contribution in [3.63, 3.8) is 0 Å². The molecule has 1 N–H and O–H groups in total. The smallest absolute Gasteiger partial charge is 0.348 e. The minimum Gasteiger partial charge on any atom is -0.507 e. The Morgan fingerprint density at radius 2 is 1.86 bits per heavy atom. The maximum Gasteiger partial charge on any atom is 0.348 e. The summed E-state index contributed by atoms with van der Waals surface area (Å²) < 4.78 is 5.25. The summed E-state index contributed by atoms with van der Waals surface area (Å²) in [6.45, 7) is 6.00. The number of aromatic hydroxyl groups is 1. The van der Waals surface area contributed by atoms with Crippen LogP contribution < -0.4 is 5.63 Å². The number of thioether (sulfide) groups is 1. The lowest BCUT2D eigenvalue weighted by molar-refractivity contribution is 0.432. The first-order valence-electron chi connectivity index (χ1n) is 9.69. The second-order valence-corrected chi connectivity index (χ2v) is 8.81. The molecule has 29 heavy (non-hydrogen) atoms. The van der Waals surface area contributed by atoms with Crippen LogP contribution in [-0.4, -0.2) is 10.8 Å². The van der Waals surface area contributed by atoms with Gasteiger partial charge in [0, 0.05) is 22.6 Å². The Kier molecular flexibility index (Phi) is 5.33. The molecule has 0 aliphatic carbocycles. The van der Waals surface area contributed by atoms with Crippen molar-refractivity contribution in [1.29, 1.82) is 0 Å². The van der Waals surface area contributed by atoms with Crippen molar-refractivity contribution in [2.45, 2.75) is 43.3 Å². The minimum absolute atomic E-state index is 0.0683. The lowest BCUT2D eigenvalue weighted by Crippen LogP contribution is -2.17. The van der Waals surface area contributed by atoms with Gasteiger partial charge in [-0.05, 0) is 36.1 Å². The summed E-state index contributed by atoms with van der Waals surface area (Å²) in [5.74, 6) is 0.759. The highest BCUT2D eigenvalue weighted by molar-refractivity contribution is 7.99. The molecule has 1 unspecified atom stereocenters. The average molecular weight is 406 g/mol. The first-order valence-corrected chi connectivity index (χ1v) is 10.6. The van der Waals surface area contributed by atoms with Crippen molar-refractivity contribution < 1.29 is 9.52 Å². The standard InChI is InChI=1S/C24H23NO3S/c1-14(2)16-8-10-17(11-9-16)22-13-19(23-20(26)12-15(3)28-24(23)27)25-18-6-4-5-7-21(18)29-22/h4-12,14,22,26H,13H2,1-3H3. The molecule has 0 amide bonds. The van der Waals surface area contributed by atoms with Gasteiger partial charge >= 0.3 is 5.63 Å². The predicted octanol–water partition coefficient (Wildman–Crippen LogP) is 6.14. The Hall–Kier alpha value is -2.79. The van der Waals surface area contributed by atoms with Gasteiger partial charge in [-0.2, -0.15) is 0 Å². The summed E-state index contributed by atoms with van der Waals surface area (Å²) in [6, 6.07) is 18.0.